The van der Waals surface area contributed by atoms with E-state index in [0.29, 0.717) is 25.2 Å². The Balaban J connectivity index is 1.52. The minimum Gasteiger partial charge on any atom is -0.341 e. The van der Waals surface area contributed by atoms with Gasteiger partial charge in [-0.15, -0.1) is 0 Å². The first-order valence-corrected chi connectivity index (χ1v) is 10.9. The molecule has 2 aliphatic heterocycles. The zero-order valence-corrected chi connectivity index (χ0v) is 18.1. The van der Waals surface area contributed by atoms with Crippen LogP contribution in [-0.4, -0.2) is 53.0 Å². The molecule has 1 aromatic carbocycles. The summed E-state index contributed by atoms with van der Waals surface area (Å²) in [6.07, 6.45) is -4.97. The number of alkyl halides is 6. The van der Waals surface area contributed by atoms with Crippen LogP contribution in [0.2, 0.25) is 0 Å². The summed E-state index contributed by atoms with van der Waals surface area (Å²) in [4.78, 5) is 24.2. The smallest absolute Gasteiger partial charge is 0.341 e. The molecule has 2 aliphatic rings. The Morgan fingerprint density at radius 3 is 2.26 bits per heavy atom. The van der Waals surface area contributed by atoms with E-state index in [0.717, 1.165) is 63.2 Å². The lowest BCUT2D eigenvalue weighted by Gasteiger charge is -2.36. The number of hydrogen-bond donors (Lipinski definition) is 1. The fraction of sp³-hybridized carbons (Fsp3) is 0.500. The van der Waals surface area contributed by atoms with Crippen molar-refractivity contribution in [2.75, 3.05) is 36.4 Å². The molecule has 12 heteroatoms. The average molecular weight is 487 g/mol. The number of nitrogens with zero attached hydrogens (tertiary/aromatic N) is 4. The molecule has 1 amide bonds. The van der Waals surface area contributed by atoms with Crippen molar-refractivity contribution in [3.63, 3.8) is 0 Å². The van der Waals surface area contributed by atoms with Gasteiger partial charge in [-0.2, -0.15) is 26.3 Å². The molecule has 4 rings (SSSR count). The van der Waals surface area contributed by atoms with E-state index in [1.165, 1.54) is 0 Å². The maximum atomic E-state index is 13.7. The monoisotopic (exact) mass is 487 g/mol. The molecule has 2 aromatic rings. The number of benzene rings is 1. The van der Waals surface area contributed by atoms with Gasteiger partial charge in [0, 0.05) is 31.0 Å². The van der Waals surface area contributed by atoms with Gasteiger partial charge < -0.3 is 15.1 Å². The minimum atomic E-state index is -4.95. The van der Waals surface area contributed by atoms with Gasteiger partial charge in [0.25, 0.3) is 5.91 Å². The molecule has 0 unspecified atom stereocenters. The Morgan fingerprint density at radius 1 is 0.971 bits per heavy atom. The zero-order chi connectivity index (χ0) is 24.5. The number of rotatable bonds is 4. The van der Waals surface area contributed by atoms with Gasteiger partial charge in [-0.3, -0.25) is 4.79 Å². The van der Waals surface area contributed by atoms with E-state index in [4.69, 9.17) is 0 Å². The van der Waals surface area contributed by atoms with Crippen molar-refractivity contribution in [1.82, 2.24) is 14.9 Å². The lowest BCUT2D eigenvalue weighted by molar-refractivity contribution is -0.141. The normalized spacial score (nSPS) is 18.4. The van der Waals surface area contributed by atoms with E-state index in [9.17, 15) is 31.1 Å². The second kappa shape index (κ2) is 9.40. The quantitative estimate of drug-likeness (QED) is 0.626. The van der Waals surface area contributed by atoms with Crippen LogP contribution >= 0.6 is 0 Å². The third-order valence-electron chi connectivity index (χ3n) is 6.14. The molecular formula is C22H23F6N5O. The highest BCUT2D eigenvalue weighted by molar-refractivity contribution is 6.05. The Labute approximate surface area is 192 Å². The van der Waals surface area contributed by atoms with Gasteiger partial charge >= 0.3 is 12.4 Å². The molecule has 34 heavy (non-hydrogen) atoms. The summed E-state index contributed by atoms with van der Waals surface area (Å²) < 4.78 is 79.9. The number of amides is 1. The van der Waals surface area contributed by atoms with Crippen molar-refractivity contribution in [3.8, 4) is 0 Å². The molecule has 0 spiro atoms. The van der Waals surface area contributed by atoms with E-state index < -0.39 is 35.1 Å². The van der Waals surface area contributed by atoms with E-state index in [1.54, 1.807) is 4.90 Å². The summed E-state index contributed by atoms with van der Waals surface area (Å²) in [6, 6.07) is 4.03. The molecule has 0 aliphatic carbocycles. The second-order valence-electron chi connectivity index (χ2n) is 8.42. The Bertz CT molecular complexity index is 1030. The summed E-state index contributed by atoms with van der Waals surface area (Å²) in [5.74, 6) is -1.37. The number of carbonyl (C=O) groups excluding carboxylic acids is 1. The molecule has 1 N–H and O–H groups in total. The molecule has 3 heterocycles. The average Bonchev–Trinajstić information content (AvgIpc) is 3.33. The number of nitrogens with one attached hydrogen (secondary N) is 1. The predicted molar refractivity (Wildman–Crippen MR) is 112 cm³/mol. The topological polar surface area (TPSA) is 61.4 Å². The van der Waals surface area contributed by atoms with Crippen LogP contribution in [0, 0.1) is 0 Å². The lowest BCUT2D eigenvalue weighted by atomic mass is 10.0. The lowest BCUT2D eigenvalue weighted by Crippen LogP contribution is -2.44. The number of likely N-dealkylation sites (tertiary alicyclic amines) is 1. The fourth-order valence-electron chi connectivity index (χ4n) is 4.42. The van der Waals surface area contributed by atoms with Crippen molar-refractivity contribution < 1.29 is 31.1 Å². The van der Waals surface area contributed by atoms with Crippen LogP contribution in [-0.2, 0) is 12.4 Å². The first-order chi connectivity index (χ1) is 16.0. The number of carbonyl (C=O) groups is 1. The van der Waals surface area contributed by atoms with Crippen molar-refractivity contribution in [2.24, 2.45) is 0 Å². The number of piperidine rings is 1. The van der Waals surface area contributed by atoms with Crippen LogP contribution < -0.4 is 10.2 Å². The molecule has 184 valence electrons. The molecule has 2 saturated heterocycles. The highest BCUT2D eigenvalue weighted by Gasteiger charge is 2.39. The van der Waals surface area contributed by atoms with Crippen LogP contribution in [0.3, 0.4) is 0 Å². The molecule has 1 aromatic heterocycles. The summed E-state index contributed by atoms with van der Waals surface area (Å²) in [5.41, 5.74) is -3.62. The second-order valence-corrected chi connectivity index (χ2v) is 8.42. The van der Waals surface area contributed by atoms with Crippen molar-refractivity contribution >= 4 is 17.5 Å². The van der Waals surface area contributed by atoms with Crippen molar-refractivity contribution in [3.05, 3.63) is 47.3 Å². The highest BCUT2D eigenvalue weighted by atomic mass is 19.4. The largest absolute Gasteiger partial charge is 0.434 e. The summed E-state index contributed by atoms with van der Waals surface area (Å²) >= 11 is 0. The van der Waals surface area contributed by atoms with Gasteiger partial charge in [0.2, 0.25) is 5.95 Å². The zero-order valence-electron chi connectivity index (χ0n) is 18.1. The first-order valence-electron chi connectivity index (χ1n) is 10.9. The summed E-state index contributed by atoms with van der Waals surface area (Å²) in [5, 5.41) is 2.08. The standard InChI is InChI=1S/C22H23F6N5O/c23-21(24,25)14-4-3-5-15(12-14)30-19(34)17-13-29-20(31-18(17)22(26,27)28)33-10-6-16(7-11-33)32-8-1-2-9-32/h3-5,12-13,16H,1-2,6-11H2,(H,30,34). The fourth-order valence-corrected chi connectivity index (χ4v) is 4.42. The van der Waals surface area contributed by atoms with E-state index in [2.05, 4.69) is 20.2 Å². The molecule has 0 radical (unpaired) electrons. The third kappa shape index (κ3) is 5.43. The van der Waals surface area contributed by atoms with Crippen molar-refractivity contribution in [2.45, 2.75) is 44.1 Å². The van der Waals surface area contributed by atoms with Crippen LogP contribution in [0.15, 0.2) is 30.5 Å². The molecule has 6 nitrogen and oxygen atoms in total. The van der Waals surface area contributed by atoms with Gasteiger partial charge in [-0.05, 0) is 57.0 Å². The van der Waals surface area contributed by atoms with E-state index in [-0.39, 0.29) is 11.6 Å². The predicted octanol–water partition coefficient (Wildman–Crippen LogP) is 4.83. The van der Waals surface area contributed by atoms with E-state index >= 15 is 0 Å². The summed E-state index contributed by atoms with van der Waals surface area (Å²) in [7, 11) is 0. The number of anilines is 2. The van der Waals surface area contributed by atoms with E-state index in [1.807, 2.05) is 0 Å². The molecule has 0 atom stereocenters. The number of hydrogen-bond acceptors (Lipinski definition) is 5. The maximum Gasteiger partial charge on any atom is 0.434 e. The van der Waals surface area contributed by atoms with Gasteiger partial charge in [0.05, 0.1) is 11.1 Å². The van der Waals surface area contributed by atoms with Crippen molar-refractivity contribution in [1.29, 1.82) is 0 Å². The Hall–Kier alpha value is -2.89. The first kappa shape index (κ1) is 24.2. The van der Waals surface area contributed by atoms with Gasteiger partial charge in [0.1, 0.15) is 0 Å². The highest BCUT2D eigenvalue weighted by Crippen LogP contribution is 2.34. The van der Waals surface area contributed by atoms with Gasteiger partial charge in [-0.1, -0.05) is 6.07 Å². The Kier molecular flexibility index (Phi) is 6.70. The number of halogens is 6. The van der Waals surface area contributed by atoms with Crippen LogP contribution in [0.25, 0.3) is 0 Å². The third-order valence-corrected chi connectivity index (χ3v) is 6.14. The van der Waals surface area contributed by atoms with Gasteiger partial charge in [0.15, 0.2) is 5.69 Å². The number of aromatic nitrogens is 2. The van der Waals surface area contributed by atoms with Crippen LogP contribution in [0.4, 0.5) is 38.0 Å². The molecule has 2 fully saturated rings. The maximum absolute atomic E-state index is 13.7. The van der Waals surface area contributed by atoms with Crippen LogP contribution in [0.1, 0.15) is 47.3 Å². The molecule has 0 bridgehead atoms. The Morgan fingerprint density at radius 2 is 1.65 bits per heavy atom. The van der Waals surface area contributed by atoms with Crippen LogP contribution in [0.5, 0.6) is 0 Å². The minimum absolute atomic E-state index is 0.122. The summed E-state index contributed by atoms with van der Waals surface area (Å²) in [6.45, 7) is 3.06. The van der Waals surface area contributed by atoms with Gasteiger partial charge in [-0.25, -0.2) is 9.97 Å². The molecule has 0 saturated carbocycles. The molecular weight excluding hydrogens is 464 g/mol. The SMILES string of the molecule is O=C(Nc1cccc(C(F)(F)F)c1)c1cnc(N2CCC(N3CCCC3)CC2)nc1C(F)(F)F.